The molecule has 5 rings (SSSR count). The lowest BCUT2D eigenvalue weighted by Crippen LogP contribution is -2.48. The molecule has 0 amide bonds. The number of aliphatic carboxylic acids is 1. The van der Waals surface area contributed by atoms with Crippen molar-refractivity contribution in [2.75, 3.05) is 24.1 Å². The fourth-order valence-electron chi connectivity index (χ4n) is 5.14. The molecule has 3 aromatic carbocycles. The van der Waals surface area contributed by atoms with Gasteiger partial charge in [0.2, 0.25) is 0 Å². The number of carbonyl (C=O) groups is 1. The molecule has 10 heteroatoms. The fourth-order valence-corrected chi connectivity index (χ4v) is 6.97. The van der Waals surface area contributed by atoms with Gasteiger partial charge in [-0.1, -0.05) is 29.8 Å². The van der Waals surface area contributed by atoms with E-state index in [0.717, 1.165) is 5.56 Å². The van der Waals surface area contributed by atoms with Crippen molar-refractivity contribution in [3.05, 3.63) is 77.1 Å². The van der Waals surface area contributed by atoms with E-state index in [2.05, 4.69) is 0 Å². The minimum absolute atomic E-state index is 0.0838. The van der Waals surface area contributed by atoms with Crippen LogP contribution in [0.1, 0.15) is 24.8 Å². The number of benzene rings is 3. The number of nitrogens with zero attached hydrogens (tertiary/aromatic N) is 1. The highest BCUT2D eigenvalue weighted by atomic mass is 35.5. The third-order valence-electron chi connectivity index (χ3n) is 7.23. The molecule has 1 N–H and O–H groups in total. The van der Waals surface area contributed by atoms with E-state index in [9.17, 15) is 22.7 Å². The maximum atomic E-state index is 14.0. The largest absolute Gasteiger partial charge is 0.486 e. The number of anilines is 1. The van der Waals surface area contributed by atoms with E-state index in [1.54, 1.807) is 43.3 Å². The van der Waals surface area contributed by atoms with Crippen LogP contribution in [0.2, 0.25) is 5.02 Å². The van der Waals surface area contributed by atoms with Crippen molar-refractivity contribution in [2.24, 2.45) is 5.41 Å². The van der Waals surface area contributed by atoms with E-state index >= 15 is 0 Å². The molecule has 0 aromatic heterocycles. The van der Waals surface area contributed by atoms with Crippen molar-refractivity contribution >= 4 is 33.3 Å². The van der Waals surface area contributed by atoms with Gasteiger partial charge in [0.15, 0.2) is 0 Å². The molecule has 3 aromatic rings. The second-order valence-electron chi connectivity index (χ2n) is 9.80. The van der Waals surface area contributed by atoms with E-state index in [1.807, 2.05) is 0 Å². The van der Waals surface area contributed by atoms with Gasteiger partial charge >= 0.3 is 5.97 Å². The van der Waals surface area contributed by atoms with Crippen LogP contribution >= 0.6 is 11.6 Å². The molecular formula is C28H27ClFNO6S. The summed E-state index contributed by atoms with van der Waals surface area (Å²) in [6, 6.07) is 15.5. The molecule has 2 heterocycles. The van der Waals surface area contributed by atoms with Gasteiger partial charge in [-0.2, -0.15) is 0 Å². The zero-order chi connectivity index (χ0) is 27.1. The SMILES string of the molecule is Cc1cccc(S(=O)(=O)N2C[C@H](CC3(C(=O)O)CCOCC3)Oc3ccc(-c4cc(F)ccc4Cl)cc32)c1. The summed E-state index contributed by atoms with van der Waals surface area (Å²) in [5, 5.41) is 10.4. The quantitative estimate of drug-likeness (QED) is 0.417. The molecule has 7 nitrogen and oxygen atoms in total. The molecule has 1 saturated heterocycles. The van der Waals surface area contributed by atoms with E-state index < -0.39 is 33.3 Å². The summed E-state index contributed by atoms with van der Waals surface area (Å²) >= 11 is 6.33. The maximum absolute atomic E-state index is 14.0. The summed E-state index contributed by atoms with van der Waals surface area (Å²) in [6.07, 6.45) is 0.0513. The Morgan fingerprint density at radius 2 is 1.89 bits per heavy atom. The first-order valence-corrected chi connectivity index (χ1v) is 14.1. The number of hydrogen-bond donors (Lipinski definition) is 1. The highest BCUT2D eigenvalue weighted by molar-refractivity contribution is 7.92. The summed E-state index contributed by atoms with van der Waals surface area (Å²) in [4.78, 5) is 12.4. The van der Waals surface area contributed by atoms with Gasteiger partial charge in [0.1, 0.15) is 17.7 Å². The molecule has 0 radical (unpaired) electrons. The number of carboxylic acid groups (broad SMARTS) is 1. The molecular weight excluding hydrogens is 533 g/mol. The Hall–Kier alpha value is -3.14. The third-order valence-corrected chi connectivity index (χ3v) is 9.33. The van der Waals surface area contributed by atoms with Crippen LogP contribution in [0.15, 0.2) is 65.6 Å². The third kappa shape index (κ3) is 4.98. The Labute approximate surface area is 225 Å². The van der Waals surface area contributed by atoms with Crippen molar-refractivity contribution in [3.8, 4) is 16.9 Å². The Balaban J connectivity index is 1.60. The first-order chi connectivity index (χ1) is 18.1. The minimum atomic E-state index is -4.05. The van der Waals surface area contributed by atoms with Crippen LogP contribution < -0.4 is 9.04 Å². The van der Waals surface area contributed by atoms with Crippen LogP contribution in [0.25, 0.3) is 11.1 Å². The van der Waals surface area contributed by atoms with Gasteiger partial charge in [0.05, 0.1) is 22.5 Å². The molecule has 0 saturated carbocycles. The number of aryl methyl sites for hydroxylation is 1. The van der Waals surface area contributed by atoms with Gasteiger partial charge in [-0.25, -0.2) is 12.8 Å². The second kappa shape index (κ2) is 10.2. The fraction of sp³-hybridized carbons (Fsp3) is 0.321. The Bertz CT molecular complexity index is 1490. The average molecular weight is 560 g/mol. The molecule has 0 aliphatic carbocycles. The number of sulfonamides is 1. The van der Waals surface area contributed by atoms with Gasteiger partial charge < -0.3 is 14.6 Å². The molecule has 2 aliphatic rings. The first-order valence-electron chi connectivity index (χ1n) is 12.3. The number of ether oxygens (including phenoxy) is 2. The number of halogens is 2. The summed E-state index contributed by atoms with van der Waals surface area (Å²) < 4.78 is 54.8. The molecule has 0 spiro atoms. The van der Waals surface area contributed by atoms with Crippen molar-refractivity contribution in [1.29, 1.82) is 0 Å². The van der Waals surface area contributed by atoms with E-state index in [4.69, 9.17) is 21.1 Å². The van der Waals surface area contributed by atoms with Gasteiger partial charge in [-0.05, 0) is 73.4 Å². The number of hydrogen-bond acceptors (Lipinski definition) is 5. The summed E-state index contributed by atoms with van der Waals surface area (Å²) in [7, 11) is -4.05. The highest BCUT2D eigenvalue weighted by Gasteiger charge is 2.45. The molecule has 1 atom stereocenters. The standard InChI is InChI=1S/C28H27ClFNO6S/c1-18-3-2-4-22(13-18)38(34,35)31-17-21(16-28(27(32)33)9-11-36-12-10-28)37-26-8-5-19(14-25(26)31)23-15-20(30)6-7-24(23)29/h2-8,13-15,21H,9-12,16-17H2,1H3,(H,32,33)/t21-/m0/s1. The van der Waals surface area contributed by atoms with Crippen molar-refractivity contribution in [2.45, 2.75) is 37.2 Å². The van der Waals surface area contributed by atoms with Crippen LogP contribution in [0.4, 0.5) is 10.1 Å². The lowest BCUT2D eigenvalue weighted by atomic mass is 9.75. The van der Waals surface area contributed by atoms with Crippen molar-refractivity contribution in [3.63, 3.8) is 0 Å². The molecule has 38 heavy (non-hydrogen) atoms. The zero-order valence-electron chi connectivity index (χ0n) is 20.7. The van der Waals surface area contributed by atoms with E-state index in [-0.39, 0.29) is 23.5 Å². The van der Waals surface area contributed by atoms with Gasteiger partial charge in [0, 0.05) is 30.2 Å². The Morgan fingerprint density at radius 3 is 2.61 bits per heavy atom. The normalized spacial score (nSPS) is 18.9. The minimum Gasteiger partial charge on any atom is -0.486 e. The maximum Gasteiger partial charge on any atom is 0.309 e. The molecule has 2 aliphatic heterocycles. The summed E-state index contributed by atoms with van der Waals surface area (Å²) in [5.74, 6) is -1.13. The van der Waals surface area contributed by atoms with Crippen LogP contribution in [-0.2, 0) is 19.6 Å². The first kappa shape index (κ1) is 26.5. The predicted molar refractivity (Wildman–Crippen MR) is 142 cm³/mol. The van der Waals surface area contributed by atoms with E-state index in [1.165, 1.54) is 28.6 Å². The predicted octanol–water partition coefficient (Wildman–Crippen LogP) is 5.68. The molecule has 1 fully saturated rings. The average Bonchev–Trinajstić information content (AvgIpc) is 2.90. The highest BCUT2D eigenvalue weighted by Crippen LogP contribution is 2.44. The van der Waals surface area contributed by atoms with E-state index in [0.29, 0.717) is 48.0 Å². The van der Waals surface area contributed by atoms with Gasteiger partial charge in [-0.3, -0.25) is 9.10 Å². The number of carboxylic acids is 1. The topological polar surface area (TPSA) is 93.1 Å². The molecule has 200 valence electrons. The van der Waals surface area contributed by atoms with Gasteiger partial charge in [-0.15, -0.1) is 0 Å². The van der Waals surface area contributed by atoms with Crippen LogP contribution in [-0.4, -0.2) is 45.4 Å². The Morgan fingerprint density at radius 1 is 1.13 bits per heavy atom. The van der Waals surface area contributed by atoms with Crippen LogP contribution in [0.5, 0.6) is 5.75 Å². The van der Waals surface area contributed by atoms with Crippen LogP contribution in [0, 0.1) is 18.2 Å². The van der Waals surface area contributed by atoms with Gasteiger partial charge in [0.25, 0.3) is 10.0 Å². The van der Waals surface area contributed by atoms with Crippen molar-refractivity contribution < 1.29 is 32.2 Å². The smallest absolute Gasteiger partial charge is 0.309 e. The second-order valence-corrected chi connectivity index (χ2v) is 12.1. The summed E-state index contributed by atoms with van der Waals surface area (Å²) in [6.45, 7) is 2.36. The monoisotopic (exact) mass is 559 g/mol. The number of fused-ring (bicyclic) bond motifs is 1. The molecule has 0 unspecified atom stereocenters. The lowest BCUT2D eigenvalue weighted by Gasteiger charge is -2.40. The Kier molecular flexibility index (Phi) is 7.11. The molecule has 0 bridgehead atoms. The summed E-state index contributed by atoms with van der Waals surface area (Å²) in [5.41, 5.74) is 0.914. The number of rotatable bonds is 6. The zero-order valence-corrected chi connectivity index (χ0v) is 22.3. The van der Waals surface area contributed by atoms with Crippen LogP contribution in [0.3, 0.4) is 0 Å². The van der Waals surface area contributed by atoms with Crippen molar-refractivity contribution in [1.82, 2.24) is 0 Å². The lowest BCUT2D eigenvalue weighted by molar-refractivity contribution is -0.157.